The largest absolute Gasteiger partial charge is 0.386 e. The van der Waals surface area contributed by atoms with Crippen LogP contribution in [0.15, 0.2) is 17.3 Å². The molecule has 1 saturated heterocycles. The van der Waals surface area contributed by atoms with Gasteiger partial charge in [0.15, 0.2) is 0 Å². The van der Waals surface area contributed by atoms with Gasteiger partial charge in [-0.2, -0.15) is 0 Å². The molecule has 1 N–H and O–H groups in total. The Morgan fingerprint density at radius 3 is 2.83 bits per heavy atom. The third-order valence-electron chi connectivity index (χ3n) is 2.29. The van der Waals surface area contributed by atoms with Gasteiger partial charge < -0.3 is 10.0 Å². The van der Waals surface area contributed by atoms with Crippen molar-refractivity contribution in [3.63, 3.8) is 0 Å². The lowest BCUT2D eigenvalue weighted by atomic mass is 9.96. The van der Waals surface area contributed by atoms with E-state index in [0.717, 1.165) is 31.8 Å². The molecule has 0 atom stereocenters. The summed E-state index contributed by atoms with van der Waals surface area (Å²) in [5.74, 6) is 1.13. The highest BCUT2D eigenvalue weighted by Gasteiger charge is 2.37. The maximum Gasteiger partial charge on any atom is 0.105 e. The molecule has 0 aromatic carbocycles. The highest BCUT2D eigenvalue weighted by Crippen LogP contribution is 2.22. The molecule has 2 heterocycles. The number of rotatable bonds is 0. The number of amidine groups is 1. The minimum atomic E-state index is -0.482. The van der Waals surface area contributed by atoms with Crippen molar-refractivity contribution in [2.45, 2.75) is 25.4 Å². The quantitative estimate of drug-likeness (QED) is 0.576. The Bertz CT molecular complexity index is 235. The fraction of sp³-hybridized carbons (Fsp3) is 0.667. The molecule has 2 aliphatic heterocycles. The first kappa shape index (κ1) is 7.80. The molecule has 12 heavy (non-hydrogen) atoms. The molecule has 0 radical (unpaired) electrons. The summed E-state index contributed by atoms with van der Waals surface area (Å²) >= 11 is 0. The second-order valence-corrected chi connectivity index (χ2v) is 3.82. The molecule has 66 valence electrons. The average Bonchev–Trinajstić information content (AvgIpc) is 2.02. The Hall–Kier alpha value is -0.830. The van der Waals surface area contributed by atoms with E-state index >= 15 is 0 Å². The molecule has 0 aliphatic carbocycles. The summed E-state index contributed by atoms with van der Waals surface area (Å²) in [5, 5.41) is 9.50. The second kappa shape index (κ2) is 2.59. The van der Waals surface area contributed by atoms with Gasteiger partial charge in [-0.15, -0.1) is 0 Å². The van der Waals surface area contributed by atoms with Crippen LogP contribution in [0.4, 0.5) is 0 Å². The Kier molecular flexibility index (Phi) is 1.68. The Morgan fingerprint density at radius 1 is 1.58 bits per heavy atom. The monoisotopic (exact) mass is 166 g/mol. The SMILES string of the molecule is CC1(O)CN(C2=NC=CCC2)C1. The highest BCUT2D eigenvalue weighted by atomic mass is 16.3. The van der Waals surface area contributed by atoms with Crippen molar-refractivity contribution in [2.75, 3.05) is 13.1 Å². The predicted molar refractivity (Wildman–Crippen MR) is 48.0 cm³/mol. The average molecular weight is 166 g/mol. The predicted octanol–water partition coefficient (Wildman–Crippen LogP) is 0.759. The number of hydrogen-bond donors (Lipinski definition) is 1. The van der Waals surface area contributed by atoms with Gasteiger partial charge in [-0.25, -0.2) is 4.99 Å². The summed E-state index contributed by atoms with van der Waals surface area (Å²) < 4.78 is 0. The number of likely N-dealkylation sites (tertiary alicyclic amines) is 1. The van der Waals surface area contributed by atoms with E-state index in [1.807, 2.05) is 13.1 Å². The first-order valence-electron chi connectivity index (χ1n) is 4.36. The molecule has 3 heteroatoms. The normalized spacial score (nSPS) is 26.5. The van der Waals surface area contributed by atoms with Crippen LogP contribution in [-0.4, -0.2) is 34.5 Å². The van der Waals surface area contributed by atoms with Gasteiger partial charge in [-0.1, -0.05) is 6.08 Å². The van der Waals surface area contributed by atoms with E-state index in [9.17, 15) is 5.11 Å². The molecule has 1 fully saturated rings. The number of aliphatic hydroxyl groups is 1. The maximum atomic E-state index is 9.50. The Labute approximate surface area is 72.4 Å². The molecule has 0 saturated carbocycles. The summed E-state index contributed by atoms with van der Waals surface area (Å²) in [6.45, 7) is 3.34. The van der Waals surface area contributed by atoms with Crippen LogP contribution < -0.4 is 0 Å². The zero-order valence-electron chi connectivity index (χ0n) is 7.32. The first-order chi connectivity index (χ1) is 5.67. The zero-order chi connectivity index (χ0) is 8.60. The van der Waals surface area contributed by atoms with Crippen molar-refractivity contribution >= 4 is 5.84 Å². The van der Waals surface area contributed by atoms with E-state index in [1.165, 1.54) is 0 Å². The molecule has 0 bridgehead atoms. The van der Waals surface area contributed by atoms with Crippen LogP contribution in [0.1, 0.15) is 19.8 Å². The molecular formula is C9H14N2O. The highest BCUT2D eigenvalue weighted by molar-refractivity contribution is 5.84. The molecule has 0 aromatic rings. The van der Waals surface area contributed by atoms with E-state index in [-0.39, 0.29) is 0 Å². The lowest BCUT2D eigenvalue weighted by molar-refractivity contribution is -0.0505. The van der Waals surface area contributed by atoms with Gasteiger partial charge >= 0.3 is 0 Å². The van der Waals surface area contributed by atoms with Crippen molar-refractivity contribution in [3.05, 3.63) is 12.3 Å². The summed E-state index contributed by atoms with van der Waals surface area (Å²) in [6.07, 6.45) is 6.03. The van der Waals surface area contributed by atoms with Gasteiger partial charge in [0.2, 0.25) is 0 Å². The van der Waals surface area contributed by atoms with Crippen LogP contribution in [0.5, 0.6) is 0 Å². The topological polar surface area (TPSA) is 35.8 Å². The van der Waals surface area contributed by atoms with Crippen molar-refractivity contribution < 1.29 is 5.11 Å². The fourth-order valence-electron chi connectivity index (χ4n) is 1.69. The summed E-state index contributed by atoms with van der Waals surface area (Å²) in [6, 6.07) is 0. The van der Waals surface area contributed by atoms with E-state index in [1.54, 1.807) is 0 Å². The molecule has 0 spiro atoms. The number of allylic oxidation sites excluding steroid dienone is 1. The van der Waals surface area contributed by atoms with Crippen LogP contribution in [0.25, 0.3) is 0 Å². The van der Waals surface area contributed by atoms with E-state index in [4.69, 9.17) is 0 Å². The number of β-amino-alcohol motifs (C(OH)–C–C–N with tert-alkyl or cyclic N) is 1. The zero-order valence-corrected chi connectivity index (χ0v) is 7.32. The summed E-state index contributed by atoms with van der Waals surface area (Å²) in [5.41, 5.74) is -0.482. The summed E-state index contributed by atoms with van der Waals surface area (Å²) in [4.78, 5) is 6.41. The maximum absolute atomic E-state index is 9.50. The second-order valence-electron chi connectivity index (χ2n) is 3.82. The number of hydrogen-bond acceptors (Lipinski definition) is 3. The van der Waals surface area contributed by atoms with Crippen LogP contribution in [0, 0.1) is 0 Å². The minimum absolute atomic E-state index is 0.482. The minimum Gasteiger partial charge on any atom is -0.386 e. The molecule has 2 rings (SSSR count). The lowest BCUT2D eigenvalue weighted by Gasteiger charge is -2.46. The van der Waals surface area contributed by atoms with Crippen LogP contribution in [-0.2, 0) is 0 Å². The van der Waals surface area contributed by atoms with E-state index in [0.29, 0.717) is 0 Å². The van der Waals surface area contributed by atoms with Gasteiger partial charge in [-0.3, -0.25) is 0 Å². The van der Waals surface area contributed by atoms with Gasteiger partial charge in [0.05, 0.1) is 5.60 Å². The van der Waals surface area contributed by atoms with Crippen molar-refractivity contribution in [3.8, 4) is 0 Å². The van der Waals surface area contributed by atoms with Crippen LogP contribution in [0.3, 0.4) is 0 Å². The number of nitrogens with zero attached hydrogens (tertiary/aromatic N) is 2. The van der Waals surface area contributed by atoms with Gasteiger partial charge in [0.1, 0.15) is 5.84 Å². The fourth-order valence-corrected chi connectivity index (χ4v) is 1.69. The summed E-state index contributed by atoms with van der Waals surface area (Å²) in [7, 11) is 0. The van der Waals surface area contributed by atoms with Crippen molar-refractivity contribution in [1.29, 1.82) is 0 Å². The first-order valence-corrected chi connectivity index (χ1v) is 4.36. The molecule has 0 unspecified atom stereocenters. The lowest BCUT2D eigenvalue weighted by Crippen LogP contribution is -2.61. The smallest absolute Gasteiger partial charge is 0.105 e. The van der Waals surface area contributed by atoms with Crippen LogP contribution >= 0.6 is 0 Å². The van der Waals surface area contributed by atoms with E-state index in [2.05, 4.69) is 16.0 Å². The third kappa shape index (κ3) is 1.37. The Balaban J connectivity index is 1.95. The molecule has 0 aromatic heterocycles. The van der Waals surface area contributed by atoms with E-state index < -0.39 is 5.60 Å². The van der Waals surface area contributed by atoms with Crippen LogP contribution in [0.2, 0.25) is 0 Å². The van der Waals surface area contributed by atoms with Gasteiger partial charge in [-0.05, 0) is 13.3 Å². The third-order valence-corrected chi connectivity index (χ3v) is 2.29. The molecule has 3 nitrogen and oxygen atoms in total. The molecule has 2 aliphatic rings. The van der Waals surface area contributed by atoms with Crippen molar-refractivity contribution in [1.82, 2.24) is 4.90 Å². The molecular weight excluding hydrogens is 152 g/mol. The van der Waals surface area contributed by atoms with Crippen molar-refractivity contribution in [2.24, 2.45) is 4.99 Å². The van der Waals surface area contributed by atoms with Gasteiger partial charge in [0, 0.05) is 25.7 Å². The standard InChI is InChI=1S/C9H14N2O/c1-9(12)6-11(7-9)8-4-2-3-5-10-8/h3,5,12H,2,4,6-7H2,1H3. The number of aliphatic imine (C=N–C) groups is 1. The van der Waals surface area contributed by atoms with Gasteiger partial charge in [0.25, 0.3) is 0 Å². The molecule has 0 amide bonds. The Morgan fingerprint density at radius 2 is 2.33 bits per heavy atom.